The molecule has 3 nitrogen and oxygen atoms in total. The summed E-state index contributed by atoms with van der Waals surface area (Å²) < 4.78 is 6.12. The maximum atomic E-state index is 9.18. The molecule has 2 aromatic carbocycles. The average molecular weight is 284 g/mol. The van der Waals surface area contributed by atoms with Crippen molar-refractivity contribution in [2.75, 3.05) is 0 Å². The maximum absolute atomic E-state index is 9.18. The van der Waals surface area contributed by atoms with Crippen molar-refractivity contribution in [1.29, 1.82) is 5.26 Å². The van der Waals surface area contributed by atoms with Gasteiger partial charge in [-0.25, -0.2) is 0 Å². The third-order valence-electron chi connectivity index (χ3n) is 3.98. The van der Waals surface area contributed by atoms with Crippen molar-refractivity contribution < 1.29 is 4.42 Å². The number of hydrogen-bond acceptors (Lipinski definition) is 3. The van der Waals surface area contributed by atoms with Gasteiger partial charge in [0.2, 0.25) is 0 Å². The molecule has 0 bridgehead atoms. The number of pyridine rings is 1. The second-order valence-corrected chi connectivity index (χ2v) is 5.23. The van der Waals surface area contributed by atoms with Gasteiger partial charge in [0.25, 0.3) is 0 Å². The van der Waals surface area contributed by atoms with Gasteiger partial charge in [-0.1, -0.05) is 18.2 Å². The predicted molar refractivity (Wildman–Crippen MR) is 86.4 cm³/mol. The van der Waals surface area contributed by atoms with Crippen molar-refractivity contribution >= 4 is 21.9 Å². The molecule has 2 heterocycles. The Balaban J connectivity index is 2.12. The number of para-hydroxylation sites is 1. The highest BCUT2D eigenvalue weighted by Gasteiger charge is 2.15. The van der Waals surface area contributed by atoms with Gasteiger partial charge in [-0.2, -0.15) is 5.26 Å². The van der Waals surface area contributed by atoms with Gasteiger partial charge in [0.05, 0.1) is 17.3 Å². The van der Waals surface area contributed by atoms with E-state index >= 15 is 0 Å². The van der Waals surface area contributed by atoms with Crippen LogP contribution >= 0.6 is 0 Å². The maximum Gasteiger partial charge on any atom is 0.144 e. The molecule has 2 aromatic heterocycles. The zero-order valence-electron chi connectivity index (χ0n) is 12.0. The summed E-state index contributed by atoms with van der Waals surface area (Å²) in [6.45, 7) is 1.92. The Labute approximate surface area is 127 Å². The van der Waals surface area contributed by atoms with Crippen LogP contribution in [0.2, 0.25) is 0 Å². The first kappa shape index (κ1) is 12.6. The van der Waals surface area contributed by atoms with E-state index in [1.165, 1.54) is 0 Å². The zero-order valence-corrected chi connectivity index (χ0v) is 12.0. The number of hydrogen-bond donors (Lipinski definition) is 0. The quantitative estimate of drug-likeness (QED) is 0.503. The van der Waals surface area contributed by atoms with E-state index in [1.54, 1.807) is 6.20 Å². The first-order valence-corrected chi connectivity index (χ1v) is 7.06. The van der Waals surface area contributed by atoms with Crippen molar-refractivity contribution in [3.8, 4) is 17.3 Å². The summed E-state index contributed by atoms with van der Waals surface area (Å²) in [7, 11) is 0. The fraction of sp³-hybridized carbons (Fsp3) is 0.0526. The number of nitrogens with zero attached hydrogens (tertiary/aromatic N) is 2. The lowest BCUT2D eigenvalue weighted by Gasteiger charge is -2.00. The number of nitriles is 1. The van der Waals surface area contributed by atoms with Crippen molar-refractivity contribution in [2.24, 2.45) is 0 Å². The smallest absolute Gasteiger partial charge is 0.144 e. The summed E-state index contributed by atoms with van der Waals surface area (Å²) >= 11 is 0. The Kier molecular flexibility index (Phi) is 2.70. The van der Waals surface area contributed by atoms with Gasteiger partial charge in [-0.15, -0.1) is 0 Å². The Bertz CT molecular complexity index is 1040. The van der Waals surface area contributed by atoms with Gasteiger partial charge in [-0.05, 0) is 37.3 Å². The summed E-state index contributed by atoms with van der Waals surface area (Å²) in [4.78, 5) is 4.41. The van der Waals surface area contributed by atoms with E-state index < -0.39 is 0 Å². The Hall–Kier alpha value is -3.12. The second kappa shape index (κ2) is 4.71. The van der Waals surface area contributed by atoms with Crippen molar-refractivity contribution in [1.82, 2.24) is 4.98 Å². The van der Waals surface area contributed by atoms with Crippen molar-refractivity contribution in [3.05, 3.63) is 65.9 Å². The molecule has 0 amide bonds. The minimum atomic E-state index is 0.644. The van der Waals surface area contributed by atoms with E-state index in [0.29, 0.717) is 5.56 Å². The molecule has 3 heteroatoms. The molecule has 0 aliphatic rings. The molecule has 0 saturated carbocycles. The lowest BCUT2D eigenvalue weighted by Crippen LogP contribution is -1.82. The molecule has 4 aromatic rings. The molecule has 0 fully saturated rings. The fourth-order valence-corrected chi connectivity index (χ4v) is 2.84. The fourth-order valence-electron chi connectivity index (χ4n) is 2.84. The summed E-state index contributed by atoms with van der Waals surface area (Å²) in [6.07, 6.45) is 1.77. The van der Waals surface area contributed by atoms with Crippen LogP contribution in [0.3, 0.4) is 0 Å². The van der Waals surface area contributed by atoms with Crippen LogP contribution in [0.5, 0.6) is 0 Å². The first-order chi connectivity index (χ1) is 10.8. The van der Waals surface area contributed by atoms with E-state index in [9.17, 15) is 5.26 Å². The third kappa shape index (κ3) is 1.71. The number of furan rings is 1. The summed E-state index contributed by atoms with van der Waals surface area (Å²) in [5.74, 6) is 0. The second-order valence-electron chi connectivity index (χ2n) is 5.23. The molecule has 0 atom stereocenters. The molecular formula is C19H12N2O. The molecule has 22 heavy (non-hydrogen) atoms. The first-order valence-electron chi connectivity index (χ1n) is 7.06. The van der Waals surface area contributed by atoms with E-state index in [4.69, 9.17) is 4.42 Å². The largest absolute Gasteiger partial charge is 0.455 e. The molecular weight excluding hydrogens is 272 g/mol. The van der Waals surface area contributed by atoms with Crippen LogP contribution in [0.25, 0.3) is 33.2 Å². The number of aromatic nitrogens is 1. The lowest BCUT2D eigenvalue weighted by atomic mass is 10.0. The predicted octanol–water partition coefficient (Wildman–Crippen LogP) is 4.83. The van der Waals surface area contributed by atoms with Gasteiger partial charge in [0, 0.05) is 28.1 Å². The van der Waals surface area contributed by atoms with Crippen LogP contribution in [0.15, 0.2) is 59.1 Å². The molecule has 0 N–H and O–H groups in total. The Morgan fingerprint density at radius 3 is 2.59 bits per heavy atom. The monoisotopic (exact) mass is 284 g/mol. The van der Waals surface area contributed by atoms with Crippen LogP contribution in [-0.2, 0) is 0 Å². The SMILES string of the molecule is Cc1c(C#N)ccc2c1oc1c(-c3ccccn3)cccc12. The van der Waals surface area contributed by atoms with Crippen molar-refractivity contribution in [3.63, 3.8) is 0 Å². The Morgan fingerprint density at radius 2 is 1.82 bits per heavy atom. The van der Waals surface area contributed by atoms with Gasteiger partial charge < -0.3 is 4.42 Å². The van der Waals surface area contributed by atoms with E-state index in [2.05, 4.69) is 11.1 Å². The highest BCUT2D eigenvalue weighted by Crippen LogP contribution is 2.36. The van der Waals surface area contributed by atoms with Crippen LogP contribution in [0.4, 0.5) is 0 Å². The molecule has 0 aliphatic carbocycles. The molecule has 0 radical (unpaired) electrons. The van der Waals surface area contributed by atoms with Crippen LogP contribution < -0.4 is 0 Å². The summed E-state index contributed by atoms with van der Waals surface area (Å²) in [5, 5.41) is 11.3. The molecule has 4 rings (SSSR count). The minimum absolute atomic E-state index is 0.644. The van der Waals surface area contributed by atoms with Crippen LogP contribution in [0.1, 0.15) is 11.1 Å². The normalized spacial score (nSPS) is 10.9. The Morgan fingerprint density at radius 1 is 0.955 bits per heavy atom. The van der Waals surface area contributed by atoms with Crippen LogP contribution in [0, 0.1) is 18.3 Å². The number of benzene rings is 2. The molecule has 104 valence electrons. The van der Waals surface area contributed by atoms with E-state index in [1.807, 2.05) is 55.5 Å². The van der Waals surface area contributed by atoms with Gasteiger partial charge in [0.15, 0.2) is 0 Å². The topological polar surface area (TPSA) is 49.8 Å². The molecule has 0 saturated heterocycles. The highest BCUT2D eigenvalue weighted by molar-refractivity contribution is 6.10. The summed E-state index contributed by atoms with van der Waals surface area (Å²) in [5.41, 5.74) is 4.96. The molecule has 0 spiro atoms. The number of aryl methyl sites for hydroxylation is 1. The summed E-state index contributed by atoms with van der Waals surface area (Å²) in [6, 6.07) is 17.9. The highest BCUT2D eigenvalue weighted by atomic mass is 16.3. The van der Waals surface area contributed by atoms with E-state index in [-0.39, 0.29) is 0 Å². The molecule has 0 unspecified atom stereocenters. The molecule has 0 aliphatic heterocycles. The standard InChI is InChI=1S/C19H12N2O/c1-12-13(11-20)8-9-15-14-5-4-6-16(19(14)22-18(12)15)17-7-2-3-10-21-17/h2-10H,1H3. The van der Waals surface area contributed by atoms with Gasteiger partial charge in [-0.3, -0.25) is 4.98 Å². The minimum Gasteiger partial charge on any atom is -0.455 e. The number of fused-ring (bicyclic) bond motifs is 3. The van der Waals surface area contributed by atoms with Gasteiger partial charge in [0.1, 0.15) is 11.2 Å². The third-order valence-corrected chi connectivity index (χ3v) is 3.98. The van der Waals surface area contributed by atoms with Crippen molar-refractivity contribution in [2.45, 2.75) is 6.92 Å². The van der Waals surface area contributed by atoms with Crippen LogP contribution in [-0.4, -0.2) is 4.98 Å². The van der Waals surface area contributed by atoms with E-state index in [0.717, 1.165) is 38.8 Å². The lowest BCUT2D eigenvalue weighted by molar-refractivity contribution is 0.666. The number of rotatable bonds is 1. The van der Waals surface area contributed by atoms with Gasteiger partial charge >= 0.3 is 0 Å². The zero-order chi connectivity index (χ0) is 15.1. The average Bonchev–Trinajstić information content (AvgIpc) is 2.96.